The van der Waals surface area contributed by atoms with Crippen LogP contribution in [0.5, 0.6) is 0 Å². The van der Waals surface area contributed by atoms with Crippen molar-refractivity contribution in [1.82, 2.24) is 4.57 Å². The Morgan fingerprint density at radius 1 is 1.23 bits per heavy atom. The van der Waals surface area contributed by atoms with Gasteiger partial charge in [-0.3, -0.25) is 0 Å². The summed E-state index contributed by atoms with van der Waals surface area (Å²) in [5, 5.41) is 11.0. The fourth-order valence-corrected chi connectivity index (χ4v) is 5.30. The molecule has 31 heavy (non-hydrogen) atoms. The van der Waals surface area contributed by atoms with Gasteiger partial charge < -0.3 is 4.57 Å². The van der Waals surface area contributed by atoms with Crippen LogP contribution in [0.2, 0.25) is 0 Å². The zero-order valence-electron chi connectivity index (χ0n) is 16.3. The maximum Gasteiger partial charge on any atom is 0.418 e. The van der Waals surface area contributed by atoms with Gasteiger partial charge >= 0.3 is 6.18 Å². The van der Waals surface area contributed by atoms with Crippen molar-refractivity contribution in [3.8, 4) is 11.8 Å². The second kappa shape index (κ2) is 8.32. The second-order valence-corrected chi connectivity index (χ2v) is 10.0. The Labute approximate surface area is 180 Å². The summed E-state index contributed by atoms with van der Waals surface area (Å²) in [6.45, 7) is 3.51. The Bertz CT molecular complexity index is 1280. The Morgan fingerprint density at radius 3 is 2.48 bits per heavy atom. The normalized spacial score (nSPS) is 12.9. The molecular weight excluding hydrogens is 452 g/mol. The summed E-state index contributed by atoms with van der Waals surface area (Å²) in [5.41, 5.74) is -0.781. The van der Waals surface area contributed by atoms with Crippen molar-refractivity contribution < 1.29 is 26.0 Å². The molecule has 3 rings (SSSR count). The molecule has 2 aromatic heterocycles. The standard InChI is InChI=1S/C21H16F4N2O2S2/c1-13(2)19-9-14(8-16(11-26)31(28,29)20-4-3-7-30-20)12-27(19)18-6-5-15(22)10-17(18)21(23,24)25/h3-10,12-13H,1-2H3/b16-8+. The van der Waals surface area contributed by atoms with Gasteiger partial charge in [-0.15, -0.1) is 11.3 Å². The highest BCUT2D eigenvalue weighted by Gasteiger charge is 2.35. The summed E-state index contributed by atoms with van der Waals surface area (Å²) < 4.78 is 80.6. The number of allylic oxidation sites excluding steroid dienone is 1. The van der Waals surface area contributed by atoms with Crippen LogP contribution in [0.25, 0.3) is 11.8 Å². The van der Waals surface area contributed by atoms with E-state index < -0.39 is 32.3 Å². The van der Waals surface area contributed by atoms with Crippen LogP contribution in [0.1, 0.15) is 36.6 Å². The SMILES string of the molecule is CC(C)c1cc(/C=C(\C#N)S(=O)(=O)c2cccs2)cn1-c1ccc(F)cc1C(F)(F)F. The van der Waals surface area contributed by atoms with E-state index in [-0.39, 0.29) is 21.4 Å². The van der Waals surface area contributed by atoms with Crippen LogP contribution in [-0.4, -0.2) is 13.0 Å². The van der Waals surface area contributed by atoms with E-state index in [1.807, 2.05) is 0 Å². The number of rotatable bonds is 5. The number of aromatic nitrogens is 1. The van der Waals surface area contributed by atoms with Crippen LogP contribution >= 0.6 is 11.3 Å². The fourth-order valence-electron chi connectivity index (χ4n) is 3.03. The van der Waals surface area contributed by atoms with E-state index in [9.17, 15) is 31.2 Å². The molecule has 162 valence electrons. The maximum absolute atomic E-state index is 13.5. The van der Waals surface area contributed by atoms with Crippen molar-refractivity contribution in [3.63, 3.8) is 0 Å². The summed E-state index contributed by atoms with van der Waals surface area (Å²) in [5.74, 6) is -1.27. The van der Waals surface area contributed by atoms with E-state index >= 15 is 0 Å². The molecule has 0 N–H and O–H groups in total. The largest absolute Gasteiger partial charge is 0.418 e. The molecule has 0 saturated heterocycles. The van der Waals surface area contributed by atoms with Crippen molar-refractivity contribution in [3.05, 3.63) is 75.5 Å². The average Bonchev–Trinajstić information content (AvgIpc) is 3.35. The Morgan fingerprint density at radius 2 is 1.94 bits per heavy atom. The summed E-state index contributed by atoms with van der Waals surface area (Å²) in [6.07, 6.45) is -2.38. The smallest absolute Gasteiger partial charge is 0.319 e. The number of hydrogen-bond donors (Lipinski definition) is 0. The minimum Gasteiger partial charge on any atom is -0.319 e. The molecule has 3 aromatic rings. The molecule has 0 aliphatic heterocycles. The zero-order valence-corrected chi connectivity index (χ0v) is 17.9. The van der Waals surface area contributed by atoms with E-state index in [0.717, 1.165) is 29.5 Å². The van der Waals surface area contributed by atoms with Crippen molar-refractivity contribution in [1.29, 1.82) is 5.26 Å². The van der Waals surface area contributed by atoms with Crippen LogP contribution in [-0.2, 0) is 16.0 Å². The van der Waals surface area contributed by atoms with Gasteiger partial charge in [-0.2, -0.15) is 18.4 Å². The molecule has 10 heteroatoms. The van der Waals surface area contributed by atoms with E-state index in [0.29, 0.717) is 11.8 Å². The van der Waals surface area contributed by atoms with Gasteiger partial charge in [0.1, 0.15) is 16.1 Å². The number of nitriles is 1. The molecule has 1 aromatic carbocycles. The number of alkyl halides is 3. The fraction of sp³-hybridized carbons (Fsp3) is 0.190. The number of hydrogen-bond acceptors (Lipinski definition) is 4. The number of halogens is 4. The van der Waals surface area contributed by atoms with Gasteiger partial charge in [-0.1, -0.05) is 19.9 Å². The second-order valence-electron chi connectivity index (χ2n) is 6.94. The lowest BCUT2D eigenvalue weighted by Crippen LogP contribution is -2.12. The van der Waals surface area contributed by atoms with E-state index in [2.05, 4.69) is 0 Å². The summed E-state index contributed by atoms with van der Waals surface area (Å²) in [7, 11) is -4.05. The molecule has 0 amide bonds. The highest BCUT2D eigenvalue weighted by atomic mass is 32.2. The molecule has 0 atom stereocenters. The van der Waals surface area contributed by atoms with Crippen molar-refractivity contribution in [2.24, 2.45) is 0 Å². The molecule has 0 fully saturated rings. The van der Waals surface area contributed by atoms with E-state index in [4.69, 9.17) is 0 Å². The number of benzene rings is 1. The minimum absolute atomic E-state index is 0.0123. The van der Waals surface area contributed by atoms with Crippen LogP contribution in [0, 0.1) is 17.1 Å². The first-order valence-electron chi connectivity index (χ1n) is 8.95. The van der Waals surface area contributed by atoms with Crippen LogP contribution in [0.15, 0.2) is 57.1 Å². The third kappa shape index (κ3) is 4.57. The molecule has 0 radical (unpaired) electrons. The average molecular weight is 468 g/mol. The van der Waals surface area contributed by atoms with Gasteiger partial charge in [-0.05, 0) is 53.3 Å². The minimum atomic E-state index is -4.80. The van der Waals surface area contributed by atoms with E-state index in [1.165, 1.54) is 29.0 Å². The zero-order chi connectivity index (χ0) is 23.0. The van der Waals surface area contributed by atoms with Crippen molar-refractivity contribution in [2.45, 2.75) is 30.2 Å². The van der Waals surface area contributed by atoms with Crippen LogP contribution in [0.3, 0.4) is 0 Å². The van der Waals surface area contributed by atoms with Crippen molar-refractivity contribution in [2.75, 3.05) is 0 Å². The lowest BCUT2D eigenvalue weighted by Gasteiger charge is -2.17. The highest BCUT2D eigenvalue weighted by Crippen LogP contribution is 2.36. The number of thiophene rings is 1. The molecular formula is C21H16F4N2O2S2. The summed E-state index contributed by atoms with van der Waals surface area (Å²) >= 11 is 0.955. The maximum atomic E-state index is 13.5. The molecule has 0 bridgehead atoms. The third-order valence-corrected chi connectivity index (χ3v) is 7.51. The Balaban J connectivity index is 2.20. The molecule has 4 nitrogen and oxygen atoms in total. The highest BCUT2D eigenvalue weighted by molar-refractivity contribution is 7.97. The lowest BCUT2D eigenvalue weighted by molar-refractivity contribution is -0.137. The van der Waals surface area contributed by atoms with Gasteiger partial charge in [0.25, 0.3) is 0 Å². The molecule has 0 saturated carbocycles. The van der Waals surface area contributed by atoms with Gasteiger partial charge in [0.15, 0.2) is 4.91 Å². The number of nitrogens with zero attached hydrogens (tertiary/aromatic N) is 2. The molecule has 0 aliphatic carbocycles. The predicted molar refractivity (Wildman–Crippen MR) is 110 cm³/mol. The predicted octanol–water partition coefficient (Wildman–Crippen LogP) is 6.16. The number of sulfone groups is 1. The monoisotopic (exact) mass is 468 g/mol. The van der Waals surface area contributed by atoms with Gasteiger partial charge in [-0.25, -0.2) is 12.8 Å². The third-order valence-electron chi connectivity index (χ3n) is 4.44. The van der Waals surface area contributed by atoms with E-state index in [1.54, 1.807) is 25.3 Å². The van der Waals surface area contributed by atoms with Crippen LogP contribution < -0.4 is 0 Å². The van der Waals surface area contributed by atoms with Crippen LogP contribution in [0.4, 0.5) is 17.6 Å². The molecule has 0 aliphatic rings. The summed E-state index contributed by atoms with van der Waals surface area (Å²) in [6, 6.07) is 8.43. The van der Waals surface area contributed by atoms with Gasteiger partial charge in [0, 0.05) is 11.9 Å². The quantitative estimate of drug-likeness (QED) is 0.333. The first kappa shape index (κ1) is 22.8. The lowest BCUT2D eigenvalue weighted by atomic mass is 10.1. The Hall–Kier alpha value is -2.90. The first-order valence-corrected chi connectivity index (χ1v) is 11.3. The molecule has 0 spiro atoms. The first-order chi connectivity index (χ1) is 14.4. The molecule has 2 heterocycles. The van der Waals surface area contributed by atoms with Gasteiger partial charge in [0.05, 0.1) is 11.3 Å². The summed E-state index contributed by atoms with van der Waals surface area (Å²) in [4.78, 5) is -0.530. The van der Waals surface area contributed by atoms with Gasteiger partial charge in [0.2, 0.25) is 9.84 Å². The molecule has 0 unspecified atom stereocenters. The topological polar surface area (TPSA) is 62.9 Å². The van der Waals surface area contributed by atoms with Crippen molar-refractivity contribution >= 4 is 27.3 Å². The Kier molecular flexibility index (Phi) is 6.11.